The summed E-state index contributed by atoms with van der Waals surface area (Å²) in [5, 5.41) is 2.72. The fourth-order valence-electron chi connectivity index (χ4n) is 7.22. The molecule has 42 heavy (non-hydrogen) atoms. The van der Waals surface area contributed by atoms with Crippen molar-refractivity contribution in [1.29, 1.82) is 0 Å². The molecule has 3 aromatic carbocycles. The van der Waals surface area contributed by atoms with Crippen molar-refractivity contribution < 1.29 is 0 Å². The monoisotopic (exact) mass is 614 g/mol. The Morgan fingerprint density at radius 2 is 0.833 bits per heavy atom. The number of hydrogen-bond acceptors (Lipinski definition) is 4. The van der Waals surface area contributed by atoms with Crippen LogP contribution in [0.25, 0.3) is 60.6 Å². The Balaban J connectivity index is 1.16. The van der Waals surface area contributed by atoms with Gasteiger partial charge in [0.15, 0.2) is 0 Å². The first kappa shape index (κ1) is 25.5. The average molecular weight is 615 g/mol. The minimum absolute atomic E-state index is 0.0158. The Bertz CT molecular complexity index is 2110. The Kier molecular flexibility index (Phi) is 5.05. The van der Waals surface area contributed by atoms with Crippen LogP contribution >= 0.6 is 45.3 Å². The third-order valence-corrected chi connectivity index (χ3v) is 14.6. The topological polar surface area (TPSA) is 0 Å². The molecule has 4 aromatic heterocycles. The van der Waals surface area contributed by atoms with E-state index in [9.17, 15) is 0 Å². The maximum atomic E-state index is 2.56. The first-order chi connectivity index (χ1) is 20.1. The lowest BCUT2D eigenvalue weighted by molar-refractivity contribution is 0.653. The smallest absolute Gasteiger partial charge is 0.0455 e. The summed E-state index contributed by atoms with van der Waals surface area (Å²) < 4.78 is 2.75. The largest absolute Gasteiger partial charge is 0.134 e. The quantitative estimate of drug-likeness (QED) is 0.182. The van der Waals surface area contributed by atoms with Crippen molar-refractivity contribution in [3.8, 4) is 40.4 Å². The van der Waals surface area contributed by atoms with Crippen LogP contribution in [0.1, 0.15) is 61.1 Å². The molecule has 0 radical (unpaired) electrons. The minimum Gasteiger partial charge on any atom is -0.134 e. The Morgan fingerprint density at radius 3 is 1.26 bits per heavy atom. The second kappa shape index (κ2) is 8.33. The van der Waals surface area contributed by atoms with Gasteiger partial charge in [-0.3, -0.25) is 0 Å². The summed E-state index contributed by atoms with van der Waals surface area (Å²) in [5.41, 5.74) is 11.5. The third-order valence-electron chi connectivity index (χ3n) is 9.63. The van der Waals surface area contributed by atoms with Crippen LogP contribution in [-0.2, 0) is 10.8 Å². The van der Waals surface area contributed by atoms with Crippen molar-refractivity contribution in [3.05, 3.63) is 106 Å². The van der Waals surface area contributed by atoms with Crippen molar-refractivity contribution in [2.75, 3.05) is 0 Å². The van der Waals surface area contributed by atoms with Gasteiger partial charge in [-0.25, -0.2) is 0 Å². The predicted octanol–water partition coefficient (Wildman–Crippen LogP) is 12.8. The maximum absolute atomic E-state index is 2.56. The fourth-order valence-corrected chi connectivity index (χ4v) is 12.1. The highest BCUT2D eigenvalue weighted by Gasteiger charge is 2.43. The Hall–Kier alpha value is -3.02. The molecule has 0 unspecified atom stereocenters. The molecule has 206 valence electrons. The van der Waals surface area contributed by atoms with E-state index in [1.54, 1.807) is 0 Å². The maximum Gasteiger partial charge on any atom is 0.0455 e. The third kappa shape index (κ3) is 3.38. The van der Waals surface area contributed by atoms with E-state index in [-0.39, 0.29) is 10.8 Å². The molecule has 2 aliphatic rings. The van der Waals surface area contributed by atoms with Gasteiger partial charge in [0.2, 0.25) is 0 Å². The second-order valence-corrected chi connectivity index (χ2v) is 17.5. The van der Waals surface area contributed by atoms with Gasteiger partial charge < -0.3 is 0 Å². The van der Waals surface area contributed by atoms with Crippen LogP contribution in [0.5, 0.6) is 0 Å². The molecule has 9 rings (SSSR count). The molecule has 4 heterocycles. The first-order valence-corrected chi connectivity index (χ1v) is 17.8. The molecule has 0 N–H and O–H groups in total. The molecule has 0 aliphatic heterocycles. The van der Waals surface area contributed by atoms with Crippen LogP contribution in [0.2, 0.25) is 0 Å². The van der Waals surface area contributed by atoms with Crippen molar-refractivity contribution in [2.24, 2.45) is 0 Å². The standard InChI is InChI=1S/C38H30S4/c1-19-7-9-29-21(11-19)13-31(39-29)33-17-27-35(41-33)23-15-26-24(16-25(23)37(27,3)4)36-28(38(26,5)6)18-34(42-36)32-14-22-12-20(2)8-10-30(22)40-32/h7-18H,1-6H3. The minimum atomic E-state index is -0.0158. The zero-order valence-corrected chi connectivity index (χ0v) is 27.8. The second-order valence-electron chi connectivity index (χ2n) is 13.2. The van der Waals surface area contributed by atoms with Crippen LogP contribution in [0, 0.1) is 13.8 Å². The lowest BCUT2D eigenvalue weighted by atomic mass is 9.79. The molecule has 0 bridgehead atoms. The molecule has 0 atom stereocenters. The lowest BCUT2D eigenvalue weighted by Crippen LogP contribution is -2.16. The van der Waals surface area contributed by atoms with Crippen LogP contribution in [0.3, 0.4) is 0 Å². The van der Waals surface area contributed by atoms with E-state index < -0.39 is 0 Å². The average Bonchev–Trinajstić information content (AvgIpc) is 3.76. The van der Waals surface area contributed by atoms with Crippen LogP contribution in [0.15, 0.2) is 72.8 Å². The van der Waals surface area contributed by atoms with E-state index >= 15 is 0 Å². The summed E-state index contributed by atoms with van der Waals surface area (Å²) >= 11 is 7.82. The molecule has 0 spiro atoms. The van der Waals surface area contributed by atoms with Gasteiger partial charge in [0.05, 0.1) is 0 Å². The van der Waals surface area contributed by atoms with E-state index in [0.717, 1.165) is 0 Å². The van der Waals surface area contributed by atoms with Gasteiger partial charge in [-0.05, 0) is 107 Å². The Morgan fingerprint density at radius 1 is 0.429 bits per heavy atom. The fraction of sp³-hybridized carbons (Fsp3) is 0.211. The van der Waals surface area contributed by atoms with Gasteiger partial charge in [-0.2, -0.15) is 0 Å². The van der Waals surface area contributed by atoms with Gasteiger partial charge in [0.1, 0.15) is 0 Å². The Labute approximate surface area is 262 Å². The molecule has 0 amide bonds. The number of thiophene rings is 4. The van der Waals surface area contributed by atoms with E-state index in [2.05, 4.69) is 114 Å². The number of hydrogen-bond donors (Lipinski definition) is 0. The zero-order valence-electron chi connectivity index (χ0n) is 24.6. The van der Waals surface area contributed by atoms with E-state index in [1.807, 2.05) is 45.3 Å². The number of benzene rings is 3. The summed E-state index contributed by atoms with van der Waals surface area (Å²) in [6.45, 7) is 14.1. The molecule has 0 fully saturated rings. The molecule has 2 aliphatic carbocycles. The summed E-state index contributed by atoms with van der Waals surface area (Å²) in [6, 6.07) is 28.5. The normalized spacial score (nSPS) is 15.8. The van der Waals surface area contributed by atoms with Gasteiger partial charge in [-0.1, -0.05) is 63.1 Å². The molecular weight excluding hydrogens is 585 g/mol. The zero-order chi connectivity index (χ0) is 28.7. The summed E-state index contributed by atoms with van der Waals surface area (Å²) in [5.74, 6) is 0. The molecule has 0 saturated carbocycles. The SMILES string of the molecule is Cc1ccc2sc(-c3cc4c(s3)-c3cc5c(cc3C4(C)C)-c3sc(-c4cc6cc(C)ccc6s4)cc3C5(C)C)cc2c1. The predicted molar refractivity (Wildman–Crippen MR) is 188 cm³/mol. The van der Waals surface area contributed by atoms with Gasteiger partial charge >= 0.3 is 0 Å². The van der Waals surface area contributed by atoms with Crippen LogP contribution < -0.4 is 0 Å². The molecule has 0 nitrogen and oxygen atoms in total. The van der Waals surface area contributed by atoms with Gasteiger partial charge in [0, 0.05) is 49.5 Å². The number of fused-ring (bicyclic) bond motifs is 8. The lowest BCUT2D eigenvalue weighted by Gasteiger charge is -2.24. The first-order valence-electron chi connectivity index (χ1n) is 14.6. The summed E-state index contributed by atoms with van der Waals surface area (Å²) in [6.07, 6.45) is 0. The van der Waals surface area contributed by atoms with Crippen molar-refractivity contribution in [2.45, 2.75) is 52.4 Å². The van der Waals surface area contributed by atoms with E-state index in [1.165, 1.54) is 93.9 Å². The van der Waals surface area contributed by atoms with Crippen molar-refractivity contribution in [3.63, 3.8) is 0 Å². The number of aryl methyl sites for hydroxylation is 2. The van der Waals surface area contributed by atoms with E-state index in [4.69, 9.17) is 0 Å². The summed E-state index contributed by atoms with van der Waals surface area (Å²) in [7, 11) is 0. The highest BCUT2D eigenvalue weighted by Crippen LogP contribution is 2.61. The molecule has 0 saturated heterocycles. The highest BCUT2D eigenvalue weighted by atomic mass is 32.1. The summed E-state index contributed by atoms with van der Waals surface area (Å²) in [4.78, 5) is 8.52. The van der Waals surface area contributed by atoms with E-state index in [0.29, 0.717) is 0 Å². The molecular formula is C38H30S4. The van der Waals surface area contributed by atoms with Gasteiger partial charge in [-0.15, -0.1) is 45.3 Å². The molecule has 4 heteroatoms. The van der Waals surface area contributed by atoms with Crippen LogP contribution in [0.4, 0.5) is 0 Å². The number of rotatable bonds is 2. The highest BCUT2D eigenvalue weighted by molar-refractivity contribution is 7.28. The van der Waals surface area contributed by atoms with Crippen LogP contribution in [-0.4, -0.2) is 0 Å². The van der Waals surface area contributed by atoms with Crippen molar-refractivity contribution in [1.82, 2.24) is 0 Å². The molecule has 7 aromatic rings. The van der Waals surface area contributed by atoms with Crippen molar-refractivity contribution >= 4 is 65.5 Å². The van der Waals surface area contributed by atoms with Gasteiger partial charge in [0.25, 0.3) is 0 Å².